The lowest BCUT2D eigenvalue weighted by Crippen LogP contribution is -2.36. The Morgan fingerprint density at radius 3 is 2.55 bits per heavy atom. The Morgan fingerprint density at radius 2 is 1.94 bits per heavy atom. The molecule has 0 aliphatic carbocycles. The summed E-state index contributed by atoms with van der Waals surface area (Å²) in [7, 11) is -3.75. The van der Waals surface area contributed by atoms with Crippen LogP contribution in [0.4, 0.5) is 10.5 Å². The van der Waals surface area contributed by atoms with E-state index in [0.29, 0.717) is 19.4 Å². The van der Waals surface area contributed by atoms with Gasteiger partial charge < -0.3 is 14.8 Å². The van der Waals surface area contributed by atoms with Crippen molar-refractivity contribution in [2.24, 2.45) is 0 Å². The van der Waals surface area contributed by atoms with E-state index in [4.69, 9.17) is 15.9 Å². The predicted octanol–water partition coefficient (Wildman–Crippen LogP) is 1.73. The zero-order chi connectivity index (χ0) is 23.3. The van der Waals surface area contributed by atoms with Crippen LogP contribution in [0.25, 0.3) is 0 Å². The molecule has 1 aromatic rings. The van der Waals surface area contributed by atoms with Crippen molar-refractivity contribution in [2.45, 2.75) is 38.7 Å². The maximum absolute atomic E-state index is 12.0. The fourth-order valence-electron chi connectivity index (χ4n) is 2.17. The van der Waals surface area contributed by atoms with Gasteiger partial charge >= 0.3 is 6.16 Å². The maximum Gasteiger partial charge on any atom is 0.514 e. The zero-order valence-corrected chi connectivity index (χ0v) is 17.9. The fraction of sp³-hybridized carbons (Fsp3) is 0.474. The summed E-state index contributed by atoms with van der Waals surface area (Å²) in [6.07, 6.45) is 5.08. The van der Waals surface area contributed by atoms with Gasteiger partial charge in [-0.15, -0.1) is 12.3 Å². The van der Waals surface area contributed by atoms with Gasteiger partial charge in [-0.3, -0.25) is 14.9 Å². The van der Waals surface area contributed by atoms with Gasteiger partial charge in [-0.2, -0.15) is 0 Å². The highest BCUT2D eigenvalue weighted by molar-refractivity contribution is 7.89. The second kappa shape index (κ2) is 13.2. The predicted molar refractivity (Wildman–Crippen MR) is 112 cm³/mol. The highest BCUT2D eigenvalue weighted by Crippen LogP contribution is 2.17. The van der Waals surface area contributed by atoms with Crippen molar-refractivity contribution in [1.29, 1.82) is 0 Å². The Balaban J connectivity index is 2.30. The Labute approximate surface area is 180 Å². The van der Waals surface area contributed by atoms with Crippen LogP contribution in [-0.4, -0.2) is 50.3 Å². The number of terminal acetylenes is 1. The molecule has 31 heavy (non-hydrogen) atoms. The Morgan fingerprint density at radius 1 is 1.26 bits per heavy atom. The first-order chi connectivity index (χ1) is 14.6. The topological polar surface area (TPSA) is 154 Å². The zero-order valence-electron chi connectivity index (χ0n) is 17.0. The number of nitrogens with one attached hydrogen (secondary N) is 2. The lowest BCUT2D eigenvalue weighted by atomic mass is 10.2. The SMILES string of the molecule is C#CCCCCNC(=O)CCS(=O)(=O)NC[C@@H](C)OC(=O)Oc1ccc([N+](=O)[O-])cc1. The number of nitrogens with zero attached hydrogens (tertiary/aromatic N) is 1. The number of non-ortho nitro benzene ring substituents is 1. The van der Waals surface area contributed by atoms with E-state index in [2.05, 4.69) is 16.0 Å². The maximum atomic E-state index is 12.0. The summed E-state index contributed by atoms with van der Waals surface area (Å²) in [5.41, 5.74) is -0.166. The Hall–Kier alpha value is -3.17. The summed E-state index contributed by atoms with van der Waals surface area (Å²) in [5.74, 6) is 1.73. The Bertz CT molecular complexity index is 894. The molecular weight excluding hydrogens is 430 g/mol. The lowest BCUT2D eigenvalue weighted by Gasteiger charge is -2.14. The number of benzene rings is 1. The first kappa shape index (κ1) is 25.9. The van der Waals surface area contributed by atoms with E-state index in [1.807, 2.05) is 0 Å². The number of rotatable bonds is 13. The number of ether oxygens (including phenoxy) is 2. The van der Waals surface area contributed by atoms with Crippen molar-refractivity contribution in [3.05, 3.63) is 34.4 Å². The van der Waals surface area contributed by atoms with Gasteiger partial charge in [0.05, 0.1) is 10.7 Å². The molecule has 1 rings (SSSR count). The van der Waals surface area contributed by atoms with Crippen LogP contribution in [0.5, 0.6) is 5.75 Å². The van der Waals surface area contributed by atoms with E-state index in [1.165, 1.54) is 19.1 Å². The number of amides is 1. The van der Waals surface area contributed by atoms with Crippen LogP contribution in [0.3, 0.4) is 0 Å². The number of hydrogen-bond donors (Lipinski definition) is 2. The minimum atomic E-state index is -3.75. The standard InChI is InChI=1S/C19H25N3O8S/c1-3-4-5-6-12-20-18(23)11-13-31(27,28)21-14-15(2)29-19(24)30-17-9-7-16(8-10-17)22(25)26/h1,7-10,15,21H,4-6,11-14H2,2H3,(H,20,23)/t15-/m1/s1. The molecule has 0 radical (unpaired) electrons. The smallest absolute Gasteiger partial charge is 0.430 e. The summed E-state index contributed by atoms with van der Waals surface area (Å²) >= 11 is 0. The number of carbonyl (C=O) groups excluding carboxylic acids is 2. The molecule has 0 aromatic heterocycles. The lowest BCUT2D eigenvalue weighted by molar-refractivity contribution is -0.384. The van der Waals surface area contributed by atoms with Crippen molar-refractivity contribution < 1.29 is 32.4 Å². The molecule has 0 fully saturated rings. The van der Waals surface area contributed by atoms with Gasteiger partial charge in [-0.1, -0.05) is 0 Å². The summed E-state index contributed by atoms with van der Waals surface area (Å²) in [6.45, 7) is 1.66. The molecule has 0 aliphatic rings. The van der Waals surface area contributed by atoms with E-state index in [-0.39, 0.29) is 30.3 Å². The third-order valence-corrected chi connectivity index (χ3v) is 5.15. The first-order valence-electron chi connectivity index (χ1n) is 9.43. The van der Waals surface area contributed by atoms with Gasteiger partial charge in [0.1, 0.15) is 11.9 Å². The summed E-state index contributed by atoms with van der Waals surface area (Å²) in [6, 6.07) is 4.78. The molecule has 11 nitrogen and oxygen atoms in total. The normalized spacial score (nSPS) is 11.7. The van der Waals surface area contributed by atoms with Crippen LogP contribution in [-0.2, 0) is 19.6 Å². The quantitative estimate of drug-likeness (QED) is 0.114. The number of carbonyl (C=O) groups is 2. The minimum absolute atomic E-state index is 0.0358. The number of nitro benzene ring substituents is 1. The average molecular weight is 455 g/mol. The molecule has 170 valence electrons. The van der Waals surface area contributed by atoms with Crippen LogP contribution < -0.4 is 14.8 Å². The Kier molecular flexibility index (Phi) is 11.0. The van der Waals surface area contributed by atoms with Gasteiger partial charge in [-0.25, -0.2) is 17.9 Å². The van der Waals surface area contributed by atoms with Crippen LogP contribution in [0, 0.1) is 22.5 Å². The summed E-state index contributed by atoms with van der Waals surface area (Å²) in [4.78, 5) is 33.4. The van der Waals surface area contributed by atoms with E-state index < -0.39 is 33.0 Å². The van der Waals surface area contributed by atoms with E-state index in [9.17, 15) is 28.1 Å². The minimum Gasteiger partial charge on any atom is -0.430 e. The fourth-order valence-corrected chi connectivity index (χ4v) is 3.26. The summed E-state index contributed by atoms with van der Waals surface area (Å²) in [5, 5.41) is 13.2. The number of nitro groups is 1. The van der Waals surface area contributed by atoms with E-state index in [1.54, 1.807) is 0 Å². The van der Waals surface area contributed by atoms with Crippen molar-refractivity contribution in [3.63, 3.8) is 0 Å². The largest absolute Gasteiger partial charge is 0.514 e. The molecule has 0 unspecified atom stereocenters. The van der Waals surface area contributed by atoms with Crippen molar-refractivity contribution in [3.8, 4) is 18.1 Å². The van der Waals surface area contributed by atoms with Crippen LogP contribution >= 0.6 is 0 Å². The first-order valence-corrected chi connectivity index (χ1v) is 11.1. The van der Waals surface area contributed by atoms with Gasteiger partial charge in [-0.05, 0) is 31.9 Å². The van der Waals surface area contributed by atoms with Gasteiger partial charge in [0, 0.05) is 38.1 Å². The third-order valence-electron chi connectivity index (χ3n) is 3.80. The third kappa shape index (κ3) is 11.6. The van der Waals surface area contributed by atoms with Gasteiger partial charge in [0.25, 0.3) is 5.69 Å². The molecule has 12 heteroatoms. The average Bonchev–Trinajstić information content (AvgIpc) is 2.71. The molecule has 0 bridgehead atoms. The second-order valence-electron chi connectivity index (χ2n) is 6.46. The number of unbranched alkanes of at least 4 members (excludes halogenated alkanes) is 2. The van der Waals surface area contributed by atoms with E-state index >= 15 is 0 Å². The molecule has 2 N–H and O–H groups in total. The number of sulfonamides is 1. The molecule has 0 saturated heterocycles. The van der Waals surface area contributed by atoms with Gasteiger partial charge in [0.15, 0.2) is 0 Å². The highest BCUT2D eigenvalue weighted by Gasteiger charge is 2.17. The monoisotopic (exact) mass is 455 g/mol. The molecule has 1 amide bonds. The second-order valence-corrected chi connectivity index (χ2v) is 8.39. The molecule has 0 aliphatic heterocycles. The molecule has 0 saturated carbocycles. The van der Waals surface area contributed by atoms with Crippen LogP contribution in [0.1, 0.15) is 32.6 Å². The van der Waals surface area contributed by atoms with Gasteiger partial charge in [0.2, 0.25) is 15.9 Å². The molecular formula is C19H25N3O8S. The van der Waals surface area contributed by atoms with E-state index in [0.717, 1.165) is 18.6 Å². The van der Waals surface area contributed by atoms with Crippen molar-refractivity contribution in [1.82, 2.24) is 10.0 Å². The van der Waals surface area contributed by atoms with Crippen molar-refractivity contribution in [2.75, 3.05) is 18.8 Å². The number of hydrogen-bond acceptors (Lipinski definition) is 8. The highest BCUT2D eigenvalue weighted by atomic mass is 32.2. The molecule has 0 heterocycles. The molecule has 0 spiro atoms. The van der Waals surface area contributed by atoms with Crippen LogP contribution in [0.2, 0.25) is 0 Å². The van der Waals surface area contributed by atoms with Crippen molar-refractivity contribution >= 4 is 27.8 Å². The van der Waals surface area contributed by atoms with Crippen LogP contribution in [0.15, 0.2) is 24.3 Å². The summed E-state index contributed by atoms with van der Waals surface area (Å²) < 4.78 is 36.0. The molecule has 1 atom stereocenters. The molecule has 1 aromatic carbocycles.